The fourth-order valence-electron chi connectivity index (χ4n) is 1.32. The third-order valence-electron chi connectivity index (χ3n) is 2.19. The summed E-state index contributed by atoms with van der Waals surface area (Å²) in [5.74, 6) is -2.56. The second-order valence-electron chi connectivity index (χ2n) is 2.86. The minimum Gasteiger partial charge on any atom is -0.409 e. The number of hydrogen-bond donors (Lipinski definition) is 2. The molecular formula is C6H9F3N2O. The van der Waals surface area contributed by atoms with Crippen LogP contribution in [0.4, 0.5) is 13.2 Å². The van der Waals surface area contributed by atoms with Crippen LogP contribution in [0, 0.1) is 11.8 Å². The zero-order valence-electron chi connectivity index (χ0n) is 6.17. The lowest BCUT2D eigenvalue weighted by Gasteiger charge is -2.36. The van der Waals surface area contributed by atoms with Crippen molar-refractivity contribution < 1.29 is 18.4 Å². The molecule has 1 aliphatic carbocycles. The molecule has 1 saturated carbocycles. The Morgan fingerprint density at radius 2 is 2.00 bits per heavy atom. The Kier molecular flexibility index (Phi) is 2.16. The van der Waals surface area contributed by atoms with Crippen molar-refractivity contribution in [3.8, 4) is 0 Å². The molecule has 1 rings (SSSR count). The number of nitrogens with two attached hydrogens (primary N) is 1. The van der Waals surface area contributed by atoms with Gasteiger partial charge >= 0.3 is 6.18 Å². The van der Waals surface area contributed by atoms with Crippen LogP contribution in [-0.4, -0.2) is 17.2 Å². The maximum Gasteiger partial charge on any atom is 0.392 e. The molecule has 0 aromatic carbocycles. The summed E-state index contributed by atoms with van der Waals surface area (Å²) in [6, 6.07) is 0. The van der Waals surface area contributed by atoms with E-state index in [4.69, 9.17) is 10.9 Å². The van der Waals surface area contributed by atoms with Crippen LogP contribution in [0.5, 0.6) is 0 Å². The van der Waals surface area contributed by atoms with Crippen molar-refractivity contribution in [1.82, 2.24) is 0 Å². The number of halogens is 3. The van der Waals surface area contributed by atoms with E-state index in [1.807, 2.05) is 0 Å². The lowest BCUT2D eigenvalue weighted by Crippen LogP contribution is -2.45. The monoisotopic (exact) mass is 182 g/mol. The zero-order chi connectivity index (χ0) is 9.35. The Labute approximate surface area is 67.0 Å². The zero-order valence-corrected chi connectivity index (χ0v) is 6.17. The second kappa shape index (κ2) is 2.84. The Morgan fingerprint density at radius 3 is 2.25 bits per heavy atom. The van der Waals surface area contributed by atoms with Gasteiger partial charge in [0.2, 0.25) is 0 Å². The predicted octanol–water partition coefficient (Wildman–Crippen LogP) is 1.32. The van der Waals surface area contributed by atoms with Gasteiger partial charge in [-0.2, -0.15) is 13.2 Å². The number of alkyl halides is 3. The van der Waals surface area contributed by atoms with Gasteiger partial charge in [0.1, 0.15) is 5.84 Å². The summed E-state index contributed by atoms with van der Waals surface area (Å²) in [5.41, 5.74) is 5.07. The van der Waals surface area contributed by atoms with Crippen molar-refractivity contribution in [1.29, 1.82) is 0 Å². The number of rotatable bonds is 1. The molecule has 1 aliphatic rings. The van der Waals surface area contributed by atoms with E-state index in [0.717, 1.165) is 0 Å². The Balaban J connectivity index is 2.61. The summed E-state index contributed by atoms with van der Waals surface area (Å²) in [6.07, 6.45) is -3.80. The van der Waals surface area contributed by atoms with E-state index < -0.39 is 18.0 Å². The SMILES string of the molecule is N/C(=N\O)C1CCC1C(F)(F)F. The van der Waals surface area contributed by atoms with Crippen molar-refractivity contribution in [2.75, 3.05) is 0 Å². The molecule has 70 valence electrons. The summed E-state index contributed by atoms with van der Waals surface area (Å²) < 4.78 is 36.2. The van der Waals surface area contributed by atoms with Gasteiger partial charge in [0.15, 0.2) is 0 Å². The van der Waals surface area contributed by atoms with E-state index in [9.17, 15) is 13.2 Å². The van der Waals surface area contributed by atoms with Crippen molar-refractivity contribution in [3.63, 3.8) is 0 Å². The smallest absolute Gasteiger partial charge is 0.392 e. The summed E-state index contributed by atoms with van der Waals surface area (Å²) >= 11 is 0. The summed E-state index contributed by atoms with van der Waals surface area (Å²) in [7, 11) is 0. The van der Waals surface area contributed by atoms with E-state index >= 15 is 0 Å². The molecule has 3 nitrogen and oxygen atoms in total. The largest absolute Gasteiger partial charge is 0.409 e. The van der Waals surface area contributed by atoms with E-state index in [0.29, 0.717) is 6.42 Å². The minimum atomic E-state index is -4.22. The molecule has 0 aromatic heterocycles. The average Bonchev–Trinajstić information content (AvgIpc) is 1.80. The maximum atomic E-state index is 12.1. The second-order valence-corrected chi connectivity index (χ2v) is 2.86. The first-order chi connectivity index (χ1) is 5.46. The summed E-state index contributed by atoms with van der Waals surface area (Å²) in [4.78, 5) is 0. The van der Waals surface area contributed by atoms with Crippen molar-refractivity contribution in [3.05, 3.63) is 0 Å². The topological polar surface area (TPSA) is 58.6 Å². The Hall–Kier alpha value is -0.940. The van der Waals surface area contributed by atoms with Crippen molar-refractivity contribution >= 4 is 5.84 Å². The molecule has 2 atom stereocenters. The molecule has 1 fully saturated rings. The van der Waals surface area contributed by atoms with Gasteiger partial charge in [-0.15, -0.1) is 0 Å². The molecule has 6 heteroatoms. The molecular weight excluding hydrogens is 173 g/mol. The van der Waals surface area contributed by atoms with Crippen LogP contribution < -0.4 is 5.73 Å². The predicted molar refractivity (Wildman–Crippen MR) is 35.7 cm³/mol. The quantitative estimate of drug-likeness (QED) is 0.278. The summed E-state index contributed by atoms with van der Waals surface area (Å²) in [5, 5.41) is 10.7. The molecule has 0 bridgehead atoms. The van der Waals surface area contributed by atoms with Gasteiger partial charge in [-0.25, -0.2) is 0 Å². The molecule has 2 unspecified atom stereocenters. The highest BCUT2D eigenvalue weighted by atomic mass is 19.4. The van der Waals surface area contributed by atoms with Gasteiger partial charge in [0.05, 0.1) is 5.92 Å². The molecule has 0 saturated heterocycles. The van der Waals surface area contributed by atoms with Crippen LogP contribution in [-0.2, 0) is 0 Å². The third-order valence-corrected chi connectivity index (χ3v) is 2.19. The normalized spacial score (nSPS) is 31.4. The van der Waals surface area contributed by atoms with Crippen LogP contribution in [0.3, 0.4) is 0 Å². The Bertz CT molecular complexity index is 201. The van der Waals surface area contributed by atoms with E-state index in [2.05, 4.69) is 5.16 Å². The number of oxime groups is 1. The highest BCUT2D eigenvalue weighted by molar-refractivity contribution is 5.83. The molecule has 0 spiro atoms. The first-order valence-corrected chi connectivity index (χ1v) is 3.51. The van der Waals surface area contributed by atoms with Gasteiger partial charge in [-0.05, 0) is 12.8 Å². The molecule has 0 aromatic rings. The van der Waals surface area contributed by atoms with Gasteiger partial charge in [0, 0.05) is 5.92 Å². The van der Waals surface area contributed by atoms with Crippen LogP contribution >= 0.6 is 0 Å². The van der Waals surface area contributed by atoms with Crippen LogP contribution in [0.15, 0.2) is 5.16 Å². The number of hydrogen-bond acceptors (Lipinski definition) is 2. The molecule has 0 amide bonds. The van der Waals surface area contributed by atoms with E-state index in [1.165, 1.54) is 0 Å². The third kappa shape index (κ3) is 1.46. The van der Waals surface area contributed by atoms with Gasteiger partial charge in [-0.1, -0.05) is 5.16 Å². The maximum absolute atomic E-state index is 12.1. The number of amidine groups is 1. The Morgan fingerprint density at radius 1 is 1.42 bits per heavy atom. The van der Waals surface area contributed by atoms with Crippen molar-refractivity contribution in [2.24, 2.45) is 22.7 Å². The molecule has 12 heavy (non-hydrogen) atoms. The first-order valence-electron chi connectivity index (χ1n) is 3.51. The van der Waals surface area contributed by atoms with Crippen LogP contribution in [0.25, 0.3) is 0 Å². The molecule has 0 heterocycles. The molecule has 0 aliphatic heterocycles. The van der Waals surface area contributed by atoms with Crippen molar-refractivity contribution in [2.45, 2.75) is 19.0 Å². The highest BCUT2D eigenvalue weighted by Crippen LogP contribution is 2.45. The summed E-state index contributed by atoms with van der Waals surface area (Å²) in [6.45, 7) is 0. The fourth-order valence-corrected chi connectivity index (χ4v) is 1.32. The standard InChI is InChI=1S/C6H9F3N2O/c7-6(8,9)4-2-1-3(4)5(10)11-12/h3-4,12H,1-2H2,(H2,10,11). The van der Waals surface area contributed by atoms with Gasteiger partial charge < -0.3 is 10.9 Å². The van der Waals surface area contributed by atoms with Gasteiger partial charge in [-0.3, -0.25) is 0 Å². The minimum absolute atomic E-state index is 0.0738. The fraction of sp³-hybridized carbons (Fsp3) is 0.833. The average molecular weight is 182 g/mol. The lowest BCUT2D eigenvalue weighted by atomic mass is 9.72. The highest BCUT2D eigenvalue weighted by Gasteiger charge is 2.51. The van der Waals surface area contributed by atoms with Crippen LogP contribution in [0.1, 0.15) is 12.8 Å². The first kappa shape index (κ1) is 9.15. The lowest BCUT2D eigenvalue weighted by molar-refractivity contribution is -0.203. The number of nitrogens with zero attached hydrogens (tertiary/aromatic N) is 1. The van der Waals surface area contributed by atoms with Gasteiger partial charge in [0.25, 0.3) is 0 Å². The van der Waals surface area contributed by atoms with Crippen LogP contribution in [0.2, 0.25) is 0 Å². The van der Waals surface area contributed by atoms with E-state index in [-0.39, 0.29) is 12.3 Å². The molecule has 0 radical (unpaired) electrons. The molecule has 3 N–H and O–H groups in total. The van der Waals surface area contributed by atoms with E-state index in [1.54, 1.807) is 0 Å².